The maximum atomic E-state index is 12.7. The number of Topliss-reactive ketones (excluding diaryl/α,β-unsaturated/α-hetero) is 1. The van der Waals surface area contributed by atoms with Crippen LogP contribution in [0.15, 0.2) is 53.4 Å². The van der Waals surface area contributed by atoms with Crippen LogP contribution in [0.25, 0.3) is 0 Å². The highest BCUT2D eigenvalue weighted by Gasteiger charge is 2.26. The van der Waals surface area contributed by atoms with E-state index in [0.717, 1.165) is 5.69 Å². The second-order valence-corrected chi connectivity index (χ2v) is 10.5. The zero-order chi connectivity index (χ0) is 24.0. The molecule has 1 saturated heterocycles. The van der Waals surface area contributed by atoms with Crippen LogP contribution in [0.2, 0.25) is 0 Å². The predicted molar refractivity (Wildman–Crippen MR) is 130 cm³/mol. The van der Waals surface area contributed by atoms with Gasteiger partial charge in [0.25, 0.3) is 0 Å². The van der Waals surface area contributed by atoms with Crippen molar-refractivity contribution < 1.29 is 17.9 Å². The topological polar surface area (TPSA) is 82.2 Å². The van der Waals surface area contributed by atoms with E-state index in [1.807, 2.05) is 28.2 Å². The number of carbonyl (C=O) groups excluding carboxylic acids is 1. The average molecular weight is 475 g/mol. The van der Waals surface area contributed by atoms with Gasteiger partial charge in [0.2, 0.25) is 10.0 Å². The molecule has 0 aromatic heterocycles. The number of ether oxygens (including phenoxy) is 1. The smallest absolute Gasteiger partial charge is 0.243 e. The molecular formula is C24H34N4O4S. The molecule has 0 bridgehead atoms. The van der Waals surface area contributed by atoms with Gasteiger partial charge >= 0.3 is 0 Å². The Balaban J connectivity index is 1.58. The van der Waals surface area contributed by atoms with Crippen LogP contribution in [0.5, 0.6) is 0 Å². The molecule has 1 unspecified atom stereocenters. The highest BCUT2D eigenvalue weighted by atomic mass is 32.2. The van der Waals surface area contributed by atoms with Crippen LogP contribution in [-0.2, 0) is 14.8 Å². The van der Waals surface area contributed by atoms with Gasteiger partial charge in [-0.05, 0) is 43.9 Å². The van der Waals surface area contributed by atoms with Crippen LogP contribution < -0.4 is 10.2 Å². The molecular weight excluding hydrogens is 440 g/mol. The van der Waals surface area contributed by atoms with Gasteiger partial charge in [-0.15, -0.1) is 0 Å². The number of nitrogens with one attached hydrogen (secondary N) is 1. The van der Waals surface area contributed by atoms with Crippen LogP contribution in [-0.4, -0.2) is 91.0 Å². The lowest BCUT2D eigenvalue weighted by Gasteiger charge is -2.26. The van der Waals surface area contributed by atoms with E-state index in [2.05, 4.69) is 39.4 Å². The van der Waals surface area contributed by atoms with Crippen LogP contribution in [0.1, 0.15) is 22.0 Å². The maximum Gasteiger partial charge on any atom is 0.243 e. The van der Waals surface area contributed by atoms with Crippen LogP contribution >= 0.6 is 0 Å². The van der Waals surface area contributed by atoms with Gasteiger partial charge in [0.05, 0.1) is 24.7 Å². The highest BCUT2D eigenvalue weighted by molar-refractivity contribution is 7.89. The summed E-state index contributed by atoms with van der Waals surface area (Å²) in [6, 6.07) is 14.7. The number of rotatable bonds is 10. The molecule has 33 heavy (non-hydrogen) atoms. The van der Waals surface area contributed by atoms with Crippen LogP contribution in [0.4, 0.5) is 5.69 Å². The first-order chi connectivity index (χ1) is 15.7. The van der Waals surface area contributed by atoms with Crippen LogP contribution in [0, 0.1) is 0 Å². The summed E-state index contributed by atoms with van der Waals surface area (Å²) in [4.78, 5) is 17.0. The largest absolute Gasteiger partial charge is 0.379 e. The molecule has 1 atom stereocenters. The fraction of sp³-hybridized carbons (Fsp3) is 0.458. The number of anilines is 1. The lowest BCUT2D eigenvalue weighted by Crippen LogP contribution is -2.40. The molecule has 2 aromatic rings. The Morgan fingerprint density at radius 2 is 1.61 bits per heavy atom. The quantitative estimate of drug-likeness (QED) is 0.526. The van der Waals surface area contributed by atoms with Crippen molar-refractivity contribution in [3.05, 3.63) is 59.7 Å². The minimum atomic E-state index is -3.56. The molecule has 3 rings (SSSR count). The average Bonchev–Trinajstić information content (AvgIpc) is 2.82. The lowest BCUT2D eigenvalue weighted by molar-refractivity contribution is 0.0730. The number of morpholine rings is 1. The molecule has 180 valence electrons. The Morgan fingerprint density at radius 1 is 1.00 bits per heavy atom. The van der Waals surface area contributed by atoms with E-state index in [9.17, 15) is 13.2 Å². The SMILES string of the molecule is CN(C)c1ccc(C(CNCC(=O)c2ccc(S(=O)(=O)N3CCOCC3)cc2)N(C)C)cc1. The first-order valence-corrected chi connectivity index (χ1v) is 12.5. The maximum absolute atomic E-state index is 12.7. The zero-order valence-electron chi connectivity index (χ0n) is 19.8. The van der Waals surface area contributed by atoms with Gasteiger partial charge in [-0.25, -0.2) is 8.42 Å². The molecule has 0 amide bonds. The molecule has 1 aliphatic rings. The normalized spacial score (nSPS) is 16.0. The Labute approximate surface area is 197 Å². The summed E-state index contributed by atoms with van der Waals surface area (Å²) in [5.74, 6) is -0.0780. The van der Waals surface area contributed by atoms with E-state index >= 15 is 0 Å². The number of benzene rings is 2. The fourth-order valence-electron chi connectivity index (χ4n) is 3.77. The monoisotopic (exact) mass is 474 g/mol. The Hall–Kier alpha value is -2.30. The van der Waals surface area contributed by atoms with Gasteiger partial charge < -0.3 is 19.9 Å². The zero-order valence-corrected chi connectivity index (χ0v) is 20.6. The Kier molecular flexibility index (Phi) is 8.61. The minimum Gasteiger partial charge on any atom is -0.379 e. The number of ketones is 1. The number of carbonyl (C=O) groups is 1. The van der Waals surface area contributed by atoms with Gasteiger partial charge in [0.1, 0.15) is 0 Å². The van der Waals surface area contributed by atoms with E-state index in [-0.39, 0.29) is 23.3 Å². The molecule has 1 heterocycles. The van der Waals surface area contributed by atoms with Crippen molar-refractivity contribution >= 4 is 21.5 Å². The van der Waals surface area contributed by atoms with Gasteiger partial charge in [-0.2, -0.15) is 4.31 Å². The summed E-state index contributed by atoms with van der Waals surface area (Å²) < 4.78 is 32.1. The molecule has 1 N–H and O–H groups in total. The van der Waals surface area contributed by atoms with Gasteiger partial charge in [-0.1, -0.05) is 24.3 Å². The molecule has 0 radical (unpaired) electrons. The summed E-state index contributed by atoms with van der Waals surface area (Å²) >= 11 is 0. The summed E-state index contributed by atoms with van der Waals surface area (Å²) in [6.45, 7) is 2.28. The number of hydrogen-bond acceptors (Lipinski definition) is 7. The van der Waals surface area contributed by atoms with Crippen molar-refractivity contribution in [3.63, 3.8) is 0 Å². The van der Waals surface area contributed by atoms with E-state index in [0.29, 0.717) is 38.4 Å². The summed E-state index contributed by atoms with van der Waals surface area (Å²) in [5.41, 5.74) is 2.79. The number of nitrogens with zero attached hydrogens (tertiary/aromatic N) is 3. The van der Waals surface area contributed by atoms with Gasteiger partial charge in [-0.3, -0.25) is 4.79 Å². The Morgan fingerprint density at radius 3 is 2.15 bits per heavy atom. The van der Waals surface area contributed by atoms with E-state index in [1.54, 1.807) is 12.1 Å². The molecule has 2 aromatic carbocycles. The molecule has 8 nitrogen and oxygen atoms in total. The number of likely N-dealkylation sites (N-methyl/N-ethyl adjacent to an activating group) is 1. The lowest BCUT2D eigenvalue weighted by atomic mass is 10.0. The van der Waals surface area contributed by atoms with Gasteiger partial charge in [0, 0.05) is 51.0 Å². The van der Waals surface area contributed by atoms with Crippen molar-refractivity contribution in [2.45, 2.75) is 10.9 Å². The van der Waals surface area contributed by atoms with E-state index < -0.39 is 10.0 Å². The third kappa shape index (κ3) is 6.39. The molecule has 9 heteroatoms. The standard InChI is InChI=1S/C24H34N4O4S/c1-26(2)21-9-5-19(6-10-21)23(27(3)4)17-25-18-24(29)20-7-11-22(12-8-20)33(30,31)28-13-15-32-16-14-28/h5-12,23,25H,13-18H2,1-4H3. The first-order valence-electron chi connectivity index (χ1n) is 11.1. The van der Waals surface area contributed by atoms with Crippen molar-refractivity contribution in [3.8, 4) is 0 Å². The third-order valence-corrected chi connectivity index (χ3v) is 7.74. The molecule has 0 spiro atoms. The number of sulfonamides is 1. The summed E-state index contributed by atoms with van der Waals surface area (Å²) in [7, 11) is 4.49. The first kappa shape index (κ1) is 25.3. The van der Waals surface area contributed by atoms with E-state index in [1.165, 1.54) is 22.0 Å². The van der Waals surface area contributed by atoms with Crippen molar-refractivity contribution in [1.29, 1.82) is 0 Å². The van der Waals surface area contributed by atoms with Crippen LogP contribution in [0.3, 0.4) is 0 Å². The number of hydrogen-bond donors (Lipinski definition) is 1. The highest BCUT2D eigenvalue weighted by Crippen LogP contribution is 2.21. The van der Waals surface area contributed by atoms with Crippen molar-refractivity contribution in [1.82, 2.24) is 14.5 Å². The predicted octanol–water partition coefficient (Wildman–Crippen LogP) is 1.85. The second-order valence-electron chi connectivity index (χ2n) is 8.56. The summed E-state index contributed by atoms with van der Waals surface area (Å²) in [6.07, 6.45) is 0. The Bertz CT molecular complexity index is 1020. The van der Waals surface area contributed by atoms with E-state index in [4.69, 9.17) is 4.74 Å². The fourth-order valence-corrected chi connectivity index (χ4v) is 5.17. The molecule has 1 aliphatic heterocycles. The van der Waals surface area contributed by atoms with Crippen molar-refractivity contribution in [2.75, 3.05) is 72.5 Å². The molecule has 1 fully saturated rings. The van der Waals surface area contributed by atoms with Gasteiger partial charge in [0.15, 0.2) is 5.78 Å². The third-order valence-electron chi connectivity index (χ3n) is 5.82. The minimum absolute atomic E-state index is 0.0780. The van der Waals surface area contributed by atoms with Crippen molar-refractivity contribution in [2.24, 2.45) is 0 Å². The molecule has 0 saturated carbocycles. The molecule has 0 aliphatic carbocycles. The second kappa shape index (κ2) is 11.2. The summed E-state index contributed by atoms with van der Waals surface area (Å²) in [5, 5.41) is 3.26.